The monoisotopic (exact) mass is 1540 g/mol. The summed E-state index contributed by atoms with van der Waals surface area (Å²) in [7, 11) is 0. The zero-order valence-corrected chi connectivity index (χ0v) is 59.7. The fraction of sp³-hybridized carbons (Fsp3) is 0.684. The van der Waals surface area contributed by atoms with Crippen molar-refractivity contribution in [3.8, 4) is 0 Å². The van der Waals surface area contributed by atoms with E-state index in [4.69, 9.17) is 41.9 Å². The first-order chi connectivity index (χ1) is 50.0. The van der Waals surface area contributed by atoms with Gasteiger partial charge in [-0.1, -0.05) is 13.3 Å². The predicted octanol–water partition coefficient (Wildman–Crippen LogP) is -14.2. The smallest absolute Gasteiger partial charge is 0.316 e. The lowest BCUT2D eigenvalue weighted by Crippen LogP contribution is -2.60. The largest absolute Gasteiger partial charge is 0.394 e. The molecule has 0 aromatic rings. The van der Waals surface area contributed by atoms with Gasteiger partial charge in [0, 0.05) is 37.8 Å². The van der Waals surface area contributed by atoms with Crippen LogP contribution >= 0.6 is 11.8 Å². The molecule has 21 amide bonds. The number of aliphatic hydroxyl groups excluding tert-OH is 4. The number of rotatable bonds is 13. The van der Waals surface area contributed by atoms with E-state index in [9.17, 15) is 107 Å². The molecular formula is C57H100N22O26S. The molecule has 3 aliphatic rings. The van der Waals surface area contributed by atoms with Crippen LogP contribution in [0.3, 0.4) is 0 Å². The van der Waals surface area contributed by atoms with E-state index in [2.05, 4.69) is 80.1 Å². The predicted molar refractivity (Wildman–Crippen MR) is 363 cm³/mol. The van der Waals surface area contributed by atoms with Crippen molar-refractivity contribution in [2.75, 3.05) is 91.1 Å². The standard InChI is InChI=1S/C19H34N8O8.C19H33N7O9S.C19H33N7O9/c1-9(29)15-18(34)22-5-3-2-4-10(20)6-14(31)23-12(8-28)17(33)27-26-16(32)11(7-13(21)30)24-19(35)25-15;1-10(27)15-18(32)21-3-4-34-5-6-35-8-14(29)22-12(9-36-2)17(31)26-25-16(30)11(7-13(20)28)23-19(33)24-15;1-3-11-16(30)25-26-17(31)12(8-13(20)28)23-19(33)24-15(10(2)27)18(32)21-4-5-34-6-7-35-9-14(29)22-11/h9-12,15,28-29H,2-8,20H2,1H3,(H2,21,30)(H,22,34)(H,23,31)(H,26,32)(H,27,33)(H2,24,25,35);10-12,15,27H,3-9H2,1-2H3,(H2,20,28)(H,21,32)(H,22,29)(H,25,30)(H,26,31)(H2,23,24,33);10-12,15,27H,3-9H2,1-2H3,(H2,20,28)(H,21,32)(H,22,29)(H,25,30)(H,26,31)(H2,23,24,33)/t9?,10?,11-,12-,15-;2*10?,11-,12-,15-/m000/s1. The van der Waals surface area contributed by atoms with E-state index < -0.39 is 211 Å². The average molecular weight is 1540 g/mol. The van der Waals surface area contributed by atoms with Gasteiger partial charge in [0.1, 0.15) is 67.6 Å². The number of hydrogen-bond acceptors (Lipinski definition) is 28. The molecule has 0 aliphatic carbocycles. The molecule has 0 saturated carbocycles. The summed E-state index contributed by atoms with van der Waals surface area (Å²) in [5.41, 5.74) is 33.6. The van der Waals surface area contributed by atoms with E-state index in [-0.39, 0.29) is 91.1 Å². The lowest BCUT2D eigenvalue weighted by atomic mass is 10.1. The van der Waals surface area contributed by atoms with Crippen molar-refractivity contribution in [1.82, 2.24) is 96.4 Å². The topological polar surface area (TPSA) is 746 Å². The molecule has 3 saturated heterocycles. The van der Waals surface area contributed by atoms with Crippen LogP contribution in [0.15, 0.2) is 0 Å². The summed E-state index contributed by atoms with van der Waals surface area (Å²) in [4.78, 5) is 219. The van der Waals surface area contributed by atoms with Crippen molar-refractivity contribution in [2.45, 2.75) is 158 Å². The molecule has 49 heteroatoms. The lowest BCUT2D eigenvalue weighted by molar-refractivity contribution is -0.134. The maximum Gasteiger partial charge on any atom is 0.316 e. The molecule has 4 unspecified atom stereocenters. The highest BCUT2D eigenvalue weighted by molar-refractivity contribution is 7.98. The molecule has 13 atom stereocenters. The Kier molecular flexibility index (Phi) is 46.0. The molecule has 0 aromatic heterocycles. The Morgan fingerprint density at radius 3 is 1.08 bits per heavy atom. The van der Waals surface area contributed by atoms with Gasteiger partial charge in [-0.25, -0.2) is 14.4 Å². The number of hydrogen-bond donors (Lipinski definition) is 26. The van der Waals surface area contributed by atoms with Gasteiger partial charge in [-0.2, -0.15) is 11.8 Å². The third-order valence-corrected chi connectivity index (χ3v) is 14.8. The van der Waals surface area contributed by atoms with Crippen LogP contribution in [0.2, 0.25) is 0 Å². The number of carbonyl (C=O) groups is 18. The van der Waals surface area contributed by atoms with Gasteiger partial charge in [0.15, 0.2) is 0 Å². The van der Waals surface area contributed by atoms with Gasteiger partial charge in [-0.3, -0.25) is 104 Å². The molecule has 3 fully saturated rings. The minimum Gasteiger partial charge on any atom is -0.394 e. The normalized spacial score (nSPS) is 25.8. The Morgan fingerprint density at radius 2 is 0.745 bits per heavy atom. The van der Waals surface area contributed by atoms with Gasteiger partial charge in [-0.15, -0.1) is 0 Å². The Balaban J connectivity index is 0.000000795. The number of urea groups is 3. The molecule has 0 spiro atoms. The van der Waals surface area contributed by atoms with Crippen molar-refractivity contribution in [3.63, 3.8) is 0 Å². The van der Waals surface area contributed by atoms with Crippen LogP contribution < -0.4 is 119 Å². The van der Waals surface area contributed by atoms with Crippen molar-refractivity contribution < 1.29 is 126 Å². The number of ether oxygens (including phenoxy) is 4. The van der Waals surface area contributed by atoms with Crippen molar-refractivity contribution >= 4 is 118 Å². The minimum atomic E-state index is -1.57. The molecule has 600 valence electrons. The summed E-state index contributed by atoms with van der Waals surface area (Å²) in [5.74, 6) is -12.2. The van der Waals surface area contributed by atoms with Gasteiger partial charge in [0.2, 0.25) is 53.2 Å². The zero-order valence-electron chi connectivity index (χ0n) is 58.8. The number of primary amides is 3. The highest BCUT2D eigenvalue weighted by Crippen LogP contribution is 2.06. The van der Waals surface area contributed by atoms with Crippen molar-refractivity contribution in [2.24, 2.45) is 22.9 Å². The number of thioether (sulfide) groups is 1. The zero-order chi connectivity index (χ0) is 80.0. The third-order valence-electron chi connectivity index (χ3n) is 14.1. The fourth-order valence-electron chi connectivity index (χ4n) is 8.66. The van der Waals surface area contributed by atoms with Crippen molar-refractivity contribution in [3.05, 3.63) is 0 Å². The fourth-order valence-corrected chi connectivity index (χ4v) is 9.23. The van der Waals surface area contributed by atoms with Crippen LogP contribution in [0.5, 0.6) is 0 Å². The van der Waals surface area contributed by atoms with Gasteiger partial charge < -0.3 is 126 Å². The van der Waals surface area contributed by atoms with Crippen LogP contribution in [0.4, 0.5) is 14.4 Å². The molecule has 3 aliphatic heterocycles. The first-order valence-electron chi connectivity index (χ1n) is 32.8. The average Bonchev–Trinajstić information content (AvgIpc) is 0.974. The SMILES string of the molecule is CC(O)[C@@H]1NC(=O)N[C@@H](CC(N)=O)C(=O)NNC(=O)[C@H](CO)NC(=O)CC(N)CCCCNC1=O.CC[C@@H]1NC(=O)COCCOCCNC(=O)[C@H](C(C)O)NC(=O)N[C@@H](CC(N)=O)C(=O)NNC1=O.CSC[C@@H]1NC(=O)COCCOCCNC(=O)[C@H](C(C)O)NC(=O)N[C@@H](CC(N)=O)C(=O)NNC1=O. The van der Waals surface area contributed by atoms with E-state index in [0.717, 1.165) is 0 Å². The third kappa shape index (κ3) is 40.2. The lowest BCUT2D eigenvalue weighted by Gasteiger charge is -2.24. The van der Waals surface area contributed by atoms with E-state index in [1.54, 1.807) is 13.2 Å². The molecule has 48 nitrogen and oxygen atoms in total. The number of nitrogens with two attached hydrogens (primary N) is 4. The van der Waals surface area contributed by atoms with E-state index in [0.29, 0.717) is 19.3 Å². The Hall–Kier alpha value is -10.2. The Morgan fingerprint density at radius 1 is 0.425 bits per heavy atom. The molecule has 3 rings (SSSR count). The van der Waals surface area contributed by atoms with Gasteiger partial charge in [-0.05, 0) is 46.3 Å². The number of carbonyl (C=O) groups excluding carboxylic acids is 18. The molecule has 0 aromatic carbocycles. The maximum atomic E-state index is 12.5. The second-order valence-corrected chi connectivity index (χ2v) is 24.1. The van der Waals surface area contributed by atoms with Crippen LogP contribution in [0, 0.1) is 0 Å². The van der Waals surface area contributed by atoms with Gasteiger partial charge >= 0.3 is 18.1 Å². The molecule has 0 bridgehead atoms. The first kappa shape index (κ1) is 93.9. The molecule has 3 heterocycles. The summed E-state index contributed by atoms with van der Waals surface area (Å²) in [6.07, 6.45) is -2.65. The second kappa shape index (κ2) is 51.9. The van der Waals surface area contributed by atoms with Crippen molar-refractivity contribution in [1.29, 1.82) is 0 Å². The summed E-state index contributed by atoms with van der Waals surface area (Å²) in [6.45, 7) is 4.78. The molecule has 30 N–H and O–H groups in total. The van der Waals surface area contributed by atoms with E-state index in [1.807, 2.05) is 16.3 Å². The highest BCUT2D eigenvalue weighted by atomic mass is 32.2. The Bertz CT molecular complexity index is 2960. The van der Waals surface area contributed by atoms with Crippen LogP contribution in [-0.4, -0.2) is 297 Å². The number of aliphatic hydroxyl groups is 4. The van der Waals surface area contributed by atoms with Crippen LogP contribution in [-0.2, 0) is 90.9 Å². The first-order valence-corrected chi connectivity index (χ1v) is 34.2. The van der Waals surface area contributed by atoms with E-state index in [1.165, 1.54) is 32.5 Å². The highest BCUT2D eigenvalue weighted by Gasteiger charge is 2.34. The van der Waals surface area contributed by atoms with E-state index >= 15 is 0 Å². The molecule has 106 heavy (non-hydrogen) atoms. The van der Waals surface area contributed by atoms with Crippen LogP contribution in [0.25, 0.3) is 0 Å². The summed E-state index contributed by atoms with van der Waals surface area (Å²) < 4.78 is 20.9. The Labute approximate surface area is 610 Å². The second-order valence-electron chi connectivity index (χ2n) is 23.2. The number of hydrazine groups is 3. The van der Waals surface area contributed by atoms with Gasteiger partial charge in [0.05, 0.1) is 83.8 Å². The molecule has 0 radical (unpaired) electrons. The summed E-state index contributed by atoms with van der Waals surface area (Å²) in [5, 5.41) is 66.9. The van der Waals surface area contributed by atoms with Gasteiger partial charge in [0.25, 0.3) is 35.4 Å². The summed E-state index contributed by atoms with van der Waals surface area (Å²) >= 11 is 1.26. The quantitative estimate of drug-likeness (QED) is 0.0814. The minimum absolute atomic E-state index is 0.0443. The number of amides is 21. The number of nitrogens with one attached hydrogen (secondary N) is 18. The summed E-state index contributed by atoms with van der Waals surface area (Å²) in [6, 6.07) is -16.0. The molecular weight excluding hydrogens is 1440 g/mol. The maximum absolute atomic E-state index is 12.5. The van der Waals surface area contributed by atoms with Crippen LogP contribution in [0.1, 0.15) is 79.1 Å².